The van der Waals surface area contributed by atoms with E-state index in [0.29, 0.717) is 18.9 Å². The zero-order valence-electron chi connectivity index (χ0n) is 13.5. The van der Waals surface area contributed by atoms with Gasteiger partial charge in [-0.15, -0.1) is 0 Å². The van der Waals surface area contributed by atoms with Crippen LogP contribution >= 0.6 is 0 Å². The molecule has 3 aromatic rings. The fourth-order valence-corrected chi connectivity index (χ4v) is 3.04. The number of aromatic nitrogens is 1. The van der Waals surface area contributed by atoms with Crippen LogP contribution in [0, 0.1) is 0 Å². The number of rotatable bonds is 5. The fourth-order valence-electron chi connectivity index (χ4n) is 3.04. The summed E-state index contributed by atoms with van der Waals surface area (Å²) >= 11 is 0. The molecule has 4 rings (SSSR count). The fraction of sp³-hybridized carbons (Fsp3) is 0.238. The van der Waals surface area contributed by atoms with E-state index in [4.69, 9.17) is 0 Å². The van der Waals surface area contributed by atoms with Crippen molar-refractivity contribution in [3.8, 4) is 0 Å². The van der Waals surface area contributed by atoms with Gasteiger partial charge in [0, 0.05) is 24.4 Å². The molecule has 1 aliphatic rings. The second-order valence-electron chi connectivity index (χ2n) is 6.46. The second-order valence-corrected chi connectivity index (χ2v) is 6.46. The van der Waals surface area contributed by atoms with E-state index in [1.54, 1.807) is 0 Å². The average molecular weight is 316 g/mol. The predicted octanol–water partition coefficient (Wildman–Crippen LogP) is 3.97. The van der Waals surface area contributed by atoms with Crippen molar-refractivity contribution in [2.45, 2.75) is 31.7 Å². The van der Waals surface area contributed by atoms with E-state index in [1.807, 2.05) is 30.5 Å². The quantitative estimate of drug-likeness (QED) is 0.774. The van der Waals surface area contributed by atoms with E-state index < -0.39 is 0 Å². The van der Waals surface area contributed by atoms with Gasteiger partial charge in [-0.1, -0.05) is 48.5 Å². The lowest BCUT2D eigenvalue weighted by atomic mass is 10.0. The SMILES string of the molecule is O=C(Cc1cccc2ccccc12)NCc1ccc(C2CC2)nc1. The lowest BCUT2D eigenvalue weighted by Crippen LogP contribution is -2.24. The summed E-state index contributed by atoms with van der Waals surface area (Å²) < 4.78 is 0. The Labute approximate surface area is 141 Å². The standard InChI is InChI=1S/C21H20N2O/c24-21(12-18-6-3-5-16-4-1-2-7-19(16)18)23-14-15-8-11-20(22-13-15)17-9-10-17/h1-8,11,13,17H,9-10,12,14H2,(H,23,24). The molecule has 0 aliphatic heterocycles. The molecule has 1 heterocycles. The number of carbonyl (C=O) groups excluding carboxylic acids is 1. The Balaban J connectivity index is 1.39. The van der Waals surface area contributed by atoms with Gasteiger partial charge in [0.15, 0.2) is 0 Å². The third-order valence-electron chi connectivity index (χ3n) is 4.56. The second kappa shape index (κ2) is 6.44. The van der Waals surface area contributed by atoms with Crippen LogP contribution in [0.1, 0.15) is 35.6 Å². The Morgan fingerprint density at radius 2 is 1.88 bits per heavy atom. The molecule has 0 atom stereocenters. The molecule has 0 bridgehead atoms. The molecule has 1 aliphatic carbocycles. The molecular weight excluding hydrogens is 296 g/mol. The molecule has 0 radical (unpaired) electrons. The molecule has 1 N–H and O–H groups in total. The minimum atomic E-state index is 0.0395. The van der Waals surface area contributed by atoms with Gasteiger partial charge in [-0.05, 0) is 40.8 Å². The Morgan fingerprint density at radius 1 is 1.04 bits per heavy atom. The van der Waals surface area contributed by atoms with Gasteiger partial charge >= 0.3 is 0 Å². The van der Waals surface area contributed by atoms with Crippen molar-refractivity contribution in [3.63, 3.8) is 0 Å². The first-order valence-corrected chi connectivity index (χ1v) is 8.48. The van der Waals surface area contributed by atoms with Crippen LogP contribution in [0.15, 0.2) is 60.8 Å². The van der Waals surface area contributed by atoms with Gasteiger partial charge in [0.2, 0.25) is 5.91 Å². The van der Waals surface area contributed by atoms with Crippen molar-refractivity contribution in [3.05, 3.63) is 77.6 Å². The number of nitrogens with zero attached hydrogens (tertiary/aromatic N) is 1. The summed E-state index contributed by atoms with van der Waals surface area (Å²) in [4.78, 5) is 16.8. The van der Waals surface area contributed by atoms with E-state index >= 15 is 0 Å². The highest BCUT2D eigenvalue weighted by molar-refractivity contribution is 5.90. The van der Waals surface area contributed by atoms with E-state index in [-0.39, 0.29) is 5.91 Å². The number of fused-ring (bicyclic) bond motifs is 1. The van der Waals surface area contributed by atoms with E-state index in [0.717, 1.165) is 16.5 Å². The molecule has 1 fully saturated rings. The van der Waals surface area contributed by atoms with E-state index in [9.17, 15) is 4.79 Å². The molecular formula is C21H20N2O. The van der Waals surface area contributed by atoms with Gasteiger partial charge in [0.1, 0.15) is 0 Å². The van der Waals surface area contributed by atoms with Crippen molar-refractivity contribution in [1.82, 2.24) is 10.3 Å². The highest BCUT2D eigenvalue weighted by Gasteiger charge is 2.24. The molecule has 1 aromatic heterocycles. The number of pyridine rings is 1. The molecule has 3 heteroatoms. The topological polar surface area (TPSA) is 42.0 Å². The van der Waals surface area contributed by atoms with Crippen LogP contribution in [0.25, 0.3) is 10.8 Å². The summed E-state index contributed by atoms with van der Waals surface area (Å²) in [6.07, 6.45) is 4.79. The molecule has 120 valence electrons. The number of benzene rings is 2. The predicted molar refractivity (Wildman–Crippen MR) is 95.7 cm³/mol. The molecule has 0 unspecified atom stereocenters. The Kier molecular flexibility index (Phi) is 3.99. The third kappa shape index (κ3) is 3.30. The van der Waals surface area contributed by atoms with Crippen molar-refractivity contribution >= 4 is 16.7 Å². The first kappa shape index (κ1) is 14.9. The van der Waals surface area contributed by atoms with Crippen LogP contribution in [-0.4, -0.2) is 10.9 Å². The van der Waals surface area contributed by atoms with Crippen LogP contribution in [0.3, 0.4) is 0 Å². The maximum absolute atomic E-state index is 12.3. The number of carbonyl (C=O) groups is 1. The van der Waals surface area contributed by atoms with Crippen LogP contribution < -0.4 is 5.32 Å². The molecule has 24 heavy (non-hydrogen) atoms. The van der Waals surface area contributed by atoms with Crippen molar-refractivity contribution in [1.29, 1.82) is 0 Å². The summed E-state index contributed by atoms with van der Waals surface area (Å²) in [7, 11) is 0. The first-order valence-electron chi connectivity index (χ1n) is 8.48. The zero-order chi connectivity index (χ0) is 16.4. The Morgan fingerprint density at radius 3 is 2.67 bits per heavy atom. The molecule has 0 saturated heterocycles. The summed E-state index contributed by atoms with van der Waals surface area (Å²) in [5.74, 6) is 0.706. The zero-order valence-corrected chi connectivity index (χ0v) is 13.5. The van der Waals surface area contributed by atoms with Gasteiger partial charge in [-0.3, -0.25) is 9.78 Å². The average Bonchev–Trinajstić information content (AvgIpc) is 3.46. The largest absolute Gasteiger partial charge is 0.352 e. The van der Waals surface area contributed by atoms with E-state index in [1.165, 1.54) is 23.9 Å². The lowest BCUT2D eigenvalue weighted by Gasteiger charge is -2.08. The highest BCUT2D eigenvalue weighted by atomic mass is 16.1. The Bertz CT molecular complexity index is 861. The van der Waals surface area contributed by atoms with Gasteiger partial charge in [-0.25, -0.2) is 0 Å². The van der Waals surface area contributed by atoms with Crippen molar-refractivity contribution < 1.29 is 4.79 Å². The van der Waals surface area contributed by atoms with Gasteiger partial charge in [-0.2, -0.15) is 0 Å². The molecule has 1 saturated carbocycles. The maximum Gasteiger partial charge on any atom is 0.224 e. The Hall–Kier alpha value is -2.68. The van der Waals surface area contributed by atoms with Crippen LogP contribution in [-0.2, 0) is 17.8 Å². The number of hydrogen-bond donors (Lipinski definition) is 1. The van der Waals surface area contributed by atoms with Gasteiger partial charge < -0.3 is 5.32 Å². The minimum absolute atomic E-state index is 0.0395. The van der Waals surface area contributed by atoms with Crippen LogP contribution in [0.2, 0.25) is 0 Å². The van der Waals surface area contributed by atoms with Gasteiger partial charge in [0.05, 0.1) is 6.42 Å². The smallest absolute Gasteiger partial charge is 0.224 e. The summed E-state index contributed by atoms with van der Waals surface area (Å²) in [6, 6.07) is 18.4. The summed E-state index contributed by atoms with van der Waals surface area (Å²) in [5.41, 5.74) is 3.29. The molecule has 1 amide bonds. The molecule has 3 nitrogen and oxygen atoms in total. The highest BCUT2D eigenvalue weighted by Crippen LogP contribution is 2.38. The van der Waals surface area contributed by atoms with Crippen LogP contribution in [0.4, 0.5) is 0 Å². The van der Waals surface area contributed by atoms with Crippen LogP contribution in [0.5, 0.6) is 0 Å². The third-order valence-corrected chi connectivity index (χ3v) is 4.56. The monoisotopic (exact) mass is 316 g/mol. The maximum atomic E-state index is 12.3. The van der Waals surface area contributed by atoms with E-state index in [2.05, 4.69) is 40.6 Å². The van der Waals surface area contributed by atoms with Gasteiger partial charge in [0.25, 0.3) is 0 Å². The molecule has 0 spiro atoms. The number of amides is 1. The normalized spacial score (nSPS) is 13.8. The lowest BCUT2D eigenvalue weighted by molar-refractivity contribution is -0.120. The van der Waals surface area contributed by atoms with Crippen molar-refractivity contribution in [2.75, 3.05) is 0 Å². The summed E-state index contributed by atoms with van der Waals surface area (Å²) in [5, 5.41) is 5.31. The summed E-state index contributed by atoms with van der Waals surface area (Å²) in [6.45, 7) is 0.529. The minimum Gasteiger partial charge on any atom is -0.352 e. The number of nitrogens with one attached hydrogen (secondary N) is 1. The first-order chi connectivity index (χ1) is 11.8. The molecule has 2 aromatic carbocycles. The number of hydrogen-bond acceptors (Lipinski definition) is 2. The van der Waals surface area contributed by atoms with Crippen molar-refractivity contribution in [2.24, 2.45) is 0 Å².